The summed E-state index contributed by atoms with van der Waals surface area (Å²) in [4.78, 5) is 11.6. The fraction of sp³-hybridized carbons (Fsp3) is 0.333. The molecule has 0 radical (unpaired) electrons. The summed E-state index contributed by atoms with van der Waals surface area (Å²) in [5, 5.41) is 8.84. The van der Waals surface area contributed by atoms with Crippen LogP contribution >= 0.6 is 0 Å². The molecule has 0 saturated heterocycles. The van der Waals surface area contributed by atoms with Gasteiger partial charge in [-0.05, 0) is 32.9 Å². The predicted octanol–water partition coefficient (Wildman–Crippen LogP) is 2.53. The van der Waals surface area contributed by atoms with Crippen molar-refractivity contribution in [1.82, 2.24) is 0 Å². The van der Waals surface area contributed by atoms with Crippen LogP contribution in [0, 0.1) is 11.3 Å². The molecule has 0 aliphatic heterocycles. The normalized spacial score (nSPS) is 12.0. The quantitative estimate of drug-likeness (QED) is 0.435. The van der Waals surface area contributed by atoms with Gasteiger partial charge < -0.3 is 9.15 Å². The number of ether oxygens (including phenoxy) is 1. The van der Waals surface area contributed by atoms with Gasteiger partial charge in [0.1, 0.15) is 17.2 Å². The fourth-order valence-electron chi connectivity index (χ4n) is 0.994. The first-order chi connectivity index (χ1) is 7.42. The summed E-state index contributed by atoms with van der Waals surface area (Å²) in [6.07, 6.45) is 4.34. The number of hydrogen-bond acceptors (Lipinski definition) is 4. The molecule has 0 fully saturated rings. The van der Waals surface area contributed by atoms with Crippen molar-refractivity contribution in [2.24, 2.45) is 0 Å². The van der Waals surface area contributed by atoms with E-state index in [0.29, 0.717) is 5.56 Å². The largest absolute Gasteiger partial charge is 0.472 e. The lowest BCUT2D eigenvalue weighted by Crippen LogP contribution is -2.24. The second-order valence-electron chi connectivity index (χ2n) is 4.23. The van der Waals surface area contributed by atoms with Crippen molar-refractivity contribution >= 4 is 12.0 Å². The van der Waals surface area contributed by atoms with Crippen LogP contribution in [0.3, 0.4) is 0 Å². The van der Waals surface area contributed by atoms with E-state index < -0.39 is 11.6 Å². The Labute approximate surface area is 94.1 Å². The number of nitrogens with zero attached hydrogens (tertiary/aromatic N) is 1. The average Bonchev–Trinajstić information content (AvgIpc) is 2.63. The maximum absolute atomic E-state index is 11.6. The van der Waals surface area contributed by atoms with Gasteiger partial charge in [0, 0.05) is 5.56 Å². The highest BCUT2D eigenvalue weighted by atomic mass is 16.6. The minimum atomic E-state index is -0.629. The van der Waals surface area contributed by atoms with Crippen molar-refractivity contribution in [2.45, 2.75) is 26.4 Å². The number of nitriles is 1. The van der Waals surface area contributed by atoms with Crippen molar-refractivity contribution in [3.8, 4) is 6.07 Å². The second kappa shape index (κ2) is 4.67. The number of rotatable bonds is 2. The third kappa shape index (κ3) is 3.62. The summed E-state index contributed by atoms with van der Waals surface area (Å²) in [6.45, 7) is 5.24. The standard InChI is InChI=1S/C12H13NO3/c1-12(2,3)16-11(14)10(7-13)6-9-4-5-15-8-9/h4-6,8H,1-3H3/b10-6+. The summed E-state index contributed by atoms with van der Waals surface area (Å²) in [6, 6.07) is 3.46. The molecule has 1 heterocycles. The molecular formula is C12H13NO3. The number of esters is 1. The van der Waals surface area contributed by atoms with Crippen molar-refractivity contribution in [3.05, 3.63) is 29.7 Å². The summed E-state index contributed by atoms with van der Waals surface area (Å²) in [7, 11) is 0. The predicted molar refractivity (Wildman–Crippen MR) is 58.1 cm³/mol. The molecule has 0 bridgehead atoms. The molecule has 0 aliphatic rings. The van der Waals surface area contributed by atoms with Crippen LogP contribution in [-0.2, 0) is 9.53 Å². The number of carbonyl (C=O) groups excluding carboxylic acids is 1. The van der Waals surface area contributed by atoms with E-state index in [-0.39, 0.29) is 5.57 Å². The molecular weight excluding hydrogens is 206 g/mol. The third-order valence-electron chi connectivity index (χ3n) is 1.59. The Balaban J connectivity index is 2.85. The summed E-state index contributed by atoms with van der Waals surface area (Å²) in [5.74, 6) is -0.629. The lowest BCUT2D eigenvalue weighted by molar-refractivity contribution is -0.149. The lowest BCUT2D eigenvalue weighted by atomic mass is 10.1. The zero-order chi connectivity index (χ0) is 12.2. The van der Waals surface area contributed by atoms with E-state index in [4.69, 9.17) is 14.4 Å². The summed E-state index contributed by atoms with van der Waals surface area (Å²) in [5.41, 5.74) is 0.00222. The van der Waals surface area contributed by atoms with Crippen molar-refractivity contribution < 1.29 is 13.9 Å². The van der Waals surface area contributed by atoms with Gasteiger partial charge in [0.25, 0.3) is 0 Å². The topological polar surface area (TPSA) is 63.2 Å². The van der Waals surface area contributed by atoms with Crippen molar-refractivity contribution in [2.75, 3.05) is 0 Å². The minimum Gasteiger partial charge on any atom is -0.472 e. The molecule has 0 amide bonds. The molecule has 1 rings (SSSR count). The molecule has 0 atom stereocenters. The highest BCUT2D eigenvalue weighted by Crippen LogP contribution is 2.13. The van der Waals surface area contributed by atoms with E-state index in [9.17, 15) is 4.79 Å². The summed E-state index contributed by atoms with van der Waals surface area (Å²) < 4.78 is 9.91. The fourth-order valence-corrected chi connectivity index (χ4v) is 0.994. The van der Waals surface area contributed by atoms with Gasteiger partial charge >= 0.3 is 5.97 Å². The lowest BCUT2D eigenvalue weighted by Gasteiger charge is -2.18. The molecule has 1 aromatic rings. The van der Waals surface area contributed by atoms with Crippen LogP contribution in [0.2, 0.25) is 0 Å². The molecule has 0 aromatic carbocycles. The van der Waals surface area contributed by atoms with Crippen LogP contribution in [0.1, 0.15) is 26.3 Å². The van der Waals surface area contributed by atoms with E-state index in [0.717, 1.165) is 0 Å². The van der Waals surface area contributed by atoms with Gasteiger partial charge in [0.15, 0.2) is 0 Å². The van der Waals surface area contributed by atoms with Gasteiger partial charge in [-0.3, -0.25) is 0 Å². The van der Waals surface area contributed by atoms with Crippen LogP contribution in [0.25, 0.3) is 6.08 Å². The van der Waals surface area contributed by atoms with E-state index in [2.05, 4.69) is 0 Å². The maximum Gasteiger partial charge on any atom is 0.349 e. The highest BCUT2D eigenvalue weighted by Gasteiger charge is 2.19. The first-order valence-electron chi connectivity index (χ1n) is 4.80. The van der Waals surface area contributed by atoms with Crippen LogP contribution in [0.5, 0.6) is 0 Å². The Morgan fingerprint density at radius 3 is 2.69 bits per heavy atom. The molecule has 16 heavy (non-hydrogen) atoms. The van der Waals surface area contributed by atoms with E-state index in [1.54, 1.807) is 26.8 Å². The SMILES string of the molecule is CC(C)(C)OC(=O)/C(C#N)=C/c1ccoc1. The number of carbonyl (C=O) groups is 1. The van der Waals surface area contributed by atoms with Crippen LogP contribution < -0.4 is 0 Å². The van der Waals surface area contributed by atoms with Gasteiger partial charge in [-0.1, -0.05) is 0 Å². The molecule has 0 unspecified atom stereocenters. The Morgan fingerprint density at radius 2 is 2.25 bits per heavy atom. The van der Waals surface area contributed by atoms with E-state index in [1.165, 1.54) is 18.6 Å². The van der Waals surface area contributed by atoms with E-state index >= 15 is 0 Å². The van der Waals surface area contributed by atoms with Crippen LogP contribution in [0.15, 0.2) is 28.6 Å². The molecule has 0 aliphatic carbocycles. The molecule has 0 N–H and O–H groups in total. The monoisotopic (exact) mass is 219 g/mol. The first kappa shape index (κ1) is 12.1. The summed E-state index contributed by atoms with van der Waals surface area (Å²) >= 11 is 0. The molecule has 4 heteroatoms. The van der Waals surface area contributed by atoms with Gasteiger partial charge in [-0.2, -0.15) is 5.26 Å². The van der Waals surface area contributed by atoms with E-state index in [1.807, 2.05) is 6.07 Å². The Bertz CT molecular complexity index is 430. The molecule has 1 aromatic heterocycles. The smallest absolute Gasteiger partial charge is 0.349 e. The molecule has 0 saturated carbocycles. The molecule has 0 spiro atoms. The minimum absolute atomic E-state index is 0.0451. The molecule has 4 nitrogen and oxygen atoms in total. The highest BCUT2D eigenvalue weighted by molar-refractivity contribution is 5.98. The van der Waals surface area contributed by atoms with Gasteiger partial charge in [0.05, 0.1) is 12.5 Å². The second-order valence-corrected chi connectivity index (χ2v) is 4.23. The van der Waals surface area contributed by atoms with Crippen molar-refractivity contribution in [3.63, 3.8) is 0 Å². The first-order valence-corrected chi connectivity index (χ1v) is 4.80. The zero-order valence-corrected chi connectivity index (χ0v) is 9.48. The Morgan fingerprint density at radius 1 is 1.56 bits per heavy atom. The Hall–Kier alpha value is -2.02. The molecule has 84 valence electrons. The van der Waals surface area contributed by atoms with Crippen LogP contribution in [0.4, 0.5) is 0 Å². The number of furan rings is 1. The Kier molecular flexibility index (Phi) is 3.51. The maximum atomic E-state index is 11.6. The van der Waals surface area contributed by atoms with Crippen LogP contribution in [-0.4, -0.2) is 11.6 Å². The van der Waals surface area contributed by atoms with Gasteiger partial charge in [0.2, 0.25) is 0 Å². The number of hydrogen-bond donors (Lipinski definition) is 0. The van der Waals surface area contributed by atoms with Crippen molar-refractivity contribution in [1.29, 1.82) is 5.26 Å². The van der Waals surface area contributed by atoms with Gasteiger partial charge in [-0.25, -0.2) is 4.79 Å². The third-order valence-corrected chi connectivity index (χ3v) is 1.59. The average molecular weight is 219 g/mol. The van der Waals surface area contributed by atoms with Gasteiger partial charge in [-0.15, -0.1) is 0 Å². The zero-order valence-electron chi connectivity index (χ0n) is 9.48.